The van der Waals surface area contributed by atoms with E-state index in [1.807, 2.05) is 36.4 Å². The van der Waals surface area contributed by atoms with Gasteiger partial charge in [-0.05, 0) is 31.0 Å². The number of hydrogen-bond acceptors (Lipinski definition) is 5. The first kappa shape index (κ1) is 21.4. The van der Waals surface area contributed by atoms with Crippen molar-refractivity contribution in [1.82, 2.24) is 19.7 Å². The van der Waals surface area contributed by atoms with Crippen LogP contribution in [0.25, 0.3) is 5.69 Å². The molecular weight excluding hydrogens is 427 g/mol. The molecule has 0 atom stereocenters. The van der Waals surface area contributed by atoms with Crippen molar-refractivity contribution in [2.45, 2.75) is 42.9 Å². The van der Waals surface area contributed by atoms with Crippen molar-refractivity contribution in [1.29, 1.82) is 0 Å². The third-order valence-electron chi connectivity index (χ3n) is 5.03. The summed E-state index contributed by atoms with van der Waals surface area (Å²) in [6, 6.07) is 12.1. The Balaban J connectivity index is 1.48. The van der Waals surface area contributed by atoms with Gasteiger partial charge in [-0.25, -0.2) is 14.6 Å². The monoisotopic (exact) mass is 447 g/mol. The first-order valence-corrected chi connectivity index (χ1v) is 10.9. The fourth-order valence-electron chi connectivity index (χ4n) is 3.55. The van der Waals surface area contributed by atoms with E-state index >= 15 is 0 Å². The Morgan fingerprint density at radius 2 is 1.90 bits per heavy atom. The van der Waals surface area contributed by atoms with Crippen LogP contribution < -0.4 is 5.32 Å². The highest BCUT2D eigenvalue weighted by atomic mass is 32.2. The number of nitrogens with one attached hydrogen (secondary N) is 1. The normalized spacial score (nSPS) is 14.7. The maximum Gasteiger partial charge on any atom is 0.433 e. The van der Waals surface area contributed by atoms with Crippen molar-refractivity contribution in [2.24, 2.45) is 0 Å². The molecule has 1 aromatic carbocycles. The van der Waals surface area contributed by atoms with Crippen molar-refractivity contribution in [3.63, 3.8) is 0 Å². The van der Waals surface area contributed by atoms with Crippen molar-refractivity contribution < 1.29 is 18.0 Å². The quantitative estimate of drug-likeness (QED) is 0.422. The molecule has 6 nitrogen and oxygen atoms in total. The van der Waals surface area contributed by atoms with E-state index in [9.17, 15) is 18.0 Å². The fraction of sp³-hybridized carbons (Fsp3) is 0.333. The molecule has 1 aliphatic carbocycles. The molecule has 0 unspecified atom stereocenters. The van der Waals surface area contributed by atoms with Gasteiger partial charge < -0.3 is 5.32 Å². The fourth-order valence-corrected chi connectivity index (χ4v) is 4.18. The lowest BCUT2D eigenvalue weighted by Gasteiger charge is -2.09. The molecule has 0 bridgehead atoms. The summed E-state index contributed by atoms with van der Waals surface area (Å²) in [6.45, 7) is 0. The van der Waals surface area contributed by atoms with Crippen LogP contribution in [0, 0.1) is 0 Å². The molecule has 3 aromatic rings. The number of amides is 1. The number of rotatable bonds is 6. The minimum absolute atomic E-state index is 0.104. The molecule has 0 radical (unpaired) electrons. The molecular formula is C21H20F3N5OS. The number of benzene rings is 1. The zero-order valence-electron chi connectivity index (χ0n) is 16.5. The SMILES string of the molecule is O=C(CSc1nccc(C(F)(F)F)n1)Nc1cc(C2CCCC2)nn1-c1ccccc1. The standard InChI is InChI=1S/C21H20F3N5OS/c22-21(23,24)17-10-11-25-20(26-17)31-13-19(30)27-18-12-16(14-6-4-5-7-14)28-29(18)15-8-2-1-3-9-15/h1-3,8-12,14H,4-7,13H2,(H,27,30). The highest BCUT2D eigenvalue weighted by Crippen LogP contribution is 2.35. The van der Waals surface area contributed by atoms with E-state index < -0.39 is 11.9 Å². The number of carbonyl (C=O) groups is 1. The van der Waals surface area contributed by atoms with E-state index in [4.69, 9.17) is 5.10 Å². The van der Waals surface area contributed by atoms with E-state index in [1.54, 1.807) is 4.68 Å². The summed E-state index contributed by atoms with van der Waals surface area (Å²) in [7, 11) is 0. The lowest BCUT2D eigenvalue weighted by atomic mass is 10.0. The third kappa shape index (κ3) is 5.25. The van der Waals surface area contributed by atoms with Crippen LogP contribution in [0.1, 0.15) is 43.0 Å². The molecule has 31 heavy (non-hydrogen) atoms. The van der Waals surface area contributed by atoms with E-state index in [0.29, 0.717) is 11.7 Å². The largest absolute Gasteiger partial charge is 0.433 e. The summed E-state index contributed by atoms with van der Waals surface area (Å²) >= 11 is 0.848. The second-order valence-electron chi connectivity index (χ2n) is 7.24. The van der Waals surface area contributed by atoms with Crippen molar-refractivity contribution in [2.75, 3.05) is 11.1 Å². The van der Waals surface area contributed by atoms with Gasteiger partial charge in [-0.15, -0.1) is 0 Å². The lowest BCUT2D eigenvalue weighted by Crippen LogP contribution is -2.17. The molecule has 1 saturated carbocycles. The third-order valence-corrected chi connectivity index (χ3v) is 5.89. The van der Waals surface area contributed by atoms with Gasteiger partial charge in [0.25, 0.3) is 0 Å². The van der Waals surface area contributed by atoms with Crippen molar-refractivity contribution >= 4 is 23.5 Å². The van der Waals surface area contributed by atoms with E-state index in [1.165, 1.54) is 0 Å². The minimum atomic E-state index is -4.56. The average Bonchev–Trinajstić information content (AvgIpc) is 3.43. The molecule has 1 amide bonds. The van der Waals surface area contributed by atoms with Crippen LogP contribution in [-0.4, -0.2) is 31.4 Å². The molecule has 0 spiro atoms. The number of carbonyl (C=O) groups excluding carboxylic acids is 1. The van der Waals surface area contributed by atoms with Gasteiger partial charge in [0.05, 0.1) is 17.1 Å². The number of aromatic nitrogens is 4. The van der Waals surface area contributed by atoms with Crippen LogP contribution in [0.4, 0.5) is 19.0 Å². The Bertz CT molecular complexity index is 1050. The van der Waals surface area contributed by atoms with E-state index in [-0.39, 0.29) is 16.8 Å². The molecule has 2 heterocycles. The smallest absolute Gasteiger partial charge is 0.310 e. The average molecular weight is 447 g/mol. The second kappa shape index (κ2) is 9.09. The second-order valence-corrected chi connectivity index (χ2v) is 8.18. The Morgan fingerprint density at radius 3 is 2.61 bits per heavy atom. The highest BCUT2D eigenvalue weighted by molar-refractivity contribution is 7.99. The Hall–Kier alpha value is -2.88. The van der Waals surface area contributed by atoms with Gasteiger partial charge in [0.2, 0.25) is 5.91 Å². The first-order chi connectivity index (χ1) is 14.9. The minimum Gasteiger partial charge on any atom is -0.310 e. The van der Waals surface area contributed by atoms with Crippen LogP contribution >= 0.6 is 11.8 Å². The van der Waals surface area contributed by atoms with Crippen molar-refractivity contribution in [3.05, 3.63) is 60.0 Å². The zero-order valence-corrected chi connectivity index (χ0v) is 17.3. The summed E-state index contributed by atoms with van der Waals surface area (Å²) in [5.41, 5.74) is 0.718. The summed E-state index contributed by atoms with van der Waals surface area (Å²) in [5, 5.41) is 7.45. The summed E-state index contributed by atoms with van der Waals surface area (Å²) in [5.74, 6) is 0.401. The molecule has 2 aromatic heterocycles. The number of anilines is 1. The van der Waals surface area contributed by atoms with Gasteiger partial charge in [-0.2, -0.15) is 18.3 Å². The number of hydrogen-bond donors (Lipinski definition) is 1. The molecule has 0 saturated heterocycles. The zero-order chi connectivity index (χ0) is 21.8. The number of halogens is 3. The van der Waals surface area contributed by atoms with Crippen LogP contribution in [0.15, 0.2) is 53.8 Å². The Kier molecular flexibility index (Phi) is 6.26. The molecule has 0 aliphatic heterocycles. The maximum absolute atomic E-state index is 12.8. The van der Waals surface area contributed by atoms with Crippen molar-refractivity contribution in [3.8, 4) is 5.69 Å². The van der Waals surface area contributed by atoms with Crippen LogP contribution in [0.2, 0.25) is 0 Å². The predicted molar refractivity (Wildman–Crippen MR) is 111 cm³/mol. The van der Waals surface area contributed by atoms with Gasteiger partial charge in [0.15, 0.2) is 5.16 Å². The maximum atomic E-state index is 12.8. The van der Waals surface area contributed by atoms with Gasteiger partial charge in [0.1, 0.15) is 11.5 Å². The molecule has 10 heteroatoms. The van der Waals surface area contributed by atoms with Gasteiger partial charge in [0, 0.05) is 18.2 Å². The first-order valence-electron chi connectivity index (χ1n) is 9.88. The Morgan fingerprint density at radius 1 is 1.16 bits per heavy atom. The van der Waals surface area contributed by atoms with Gasteiger partial charge >= 0.3 is 6.18 Å². The summed E-state index contributed by atoms with van der Waals surface area (Å²) in [6.07, 6.45) is 0.952. The molecule has 4 rings (SSSR count). The number of nitrogens with zero attached hydrogens (tertiary/aromatic N) is 4. The van der Waals surface area contributed by atoms with Crippen LogP contribution in [-0.2, 0) is 11.0 Å². The van der Waals surface area contributed by atoms with Gasteiger partial charge in [-0.1, -0.05) is 42.8 Å². The summed E-state index contributed by atoms with van der Waals surface area (Å²) < 4.78 is 40.1. The topological polar surface area (TPSA) is 72.7 Å². The van der Waals surface area contributed by atoms with E-state index in [2.05, 4.69) is 15.3 Å². The van der Waals surface area contributed by atoms with Gasteiger partial charge in [-0.3, -0.25) is 4.79 Å². The number of thioether (sulfide) groups is 1. The lowest BCUT2D eigenvalue weighted by molar-refractivity contribution is -0.141. The van der Waals surface area contributed by atoms with Crippen LogP contribution in [0.3, 0.4) is 0 Å². The number of alkyl halides is 3. The molecule has 162 valence electrons. The van der Waals surface area contributed by atoms with Crippen LogP contribution in [0.5, 0.6) is 0 Å². The molecule has 1 aliphatic rings. The predicted octanol–water partition coefficient (Wildman–Crippen LogP) is 5.07. The highest BCUT2D eigenvalue weighted by Gasteiger charge is 2.32. The summed E-state index contributed by atoms with van der Waals surface area (Å²) in [4.78, 5) is 19.8. The number of para-hydroxylation sites is 1. The Labute approximate surface area is 181 Å². The molecule has 1 N–H and O–H groups in total. The van der Waals surface area contributed by atoms with E-state index in [0.717, 1.165) is 61.1 Å². The molecule has 1 fully saturated rings.